The van der Waals surface area contributed by atoms with Crippen molar-refractivity contribution in [1.29, 1.82) is 0 Å². The zero-order chi connectivity index (χ0) is 17.9. The van der Waals surface area contributed by atoms with Crippen LogP contribution in [-0.4, -0.2) is 38.3 Å². The number of rotatable bonds is 4. The maximum absolute atomic E-state index is 12.5. The second-order valence-electron chi connectivity index (χ2n) is 7.25. The average molecular weight is 386 g/mol. The summed E-state index contributed by atoms with van der Waals surface area (Å²) in [6.07, 6.45) is 4.85. The Morgan fingerprint density at radius 3 is 2.52 bits per heavy atom. The molecule has 1 saturated heterocycles. The minimum Gasteiger partial charge on any atom is -0.445 e. The largest absolute Gasteiger partial charge is 0.445 e. The van der Waals surface area contributed by atoms with Crippen LogP contribution < -0.4 is 0 Å². The van der Waals surface area contributed by atoms with Crippen LogP contribution in [0.4, 0.5) is 4.79 Å². The quantitative estimate of drug-likeness (QED) is 0.740. The lowest BCUT2D eigenvalue weighted by Crippen LogP contribution is -2.36. The number of hydrogen-bond acceptors (Lipinski definition) is 4. The standard InChI is InChI=1S/C18H24ClNO4S/c19-25(22,23)13-16-11-20(14-18(16)9-5-2-6-10-18)17(21)24-12-15-7-3-1-4-8-15/h1,3-4,7-8,16H,2,5-6,9-14H2. The van der Waals surface area contributed by atoms with E-state index in [1.54, 1.807) is 4.90 Å². The van der Waals surface area contributed by atoms with E-state index < -0.39 is 9.05 Å². The second-order valence-corrected chi connectivity index (χ2v) is 10.1. The van der Waals surface area contributed by atoms with Gasteiger partial charge in [0.15, 0.2) is 0 Å². The van der Waals surface area contributed by atoms with Gasteiger partial charge in [-0.05, 0) is 29.7 Å². The SMILES string of the molecule is O=C(OCc1ccccc1)N1CC(CS(=O)(=O)Cl)C2(CCCCC2)C1. The fraction of sp³-hybridized carbons (Fsp3) is 0.611. The van der Waals surface area contributed by atoms with E-state index in [1.807, 2.05) is 30.3 Å². The molecule has 1 aliphatic heterocycles. The van der Waals surface area contributed by atoms with Crippen LogP contribution in [0, 0.1) is 11.3 Å². The number of nitrogens with zero attached hydrogens (tertiary/aromatic N) is 1. The van der Waals surface area contributed by atoms with Crippen LogP contribution in [0.2, 0.25) is 0 Å². The number of benzene rings is 1. The Kier molecular flexibility index (Phi) is 5.58. The highest BCUT2D eigenvalue weighted by Gasteiger charge is 2.49. The summed E-state index contributed by atoms with van der Waals surface area (Å²) in [6, 6.07) is 9.52. The van der Waals surface area contributed by atoms with Crippen LogP contribution in [0.5, 0.6) is 0 Å². The van der Waals surface area contributed by atoms with E-state index in [4.69, 9.17) is 15.4 Å². The van der Waals surface area contributed by atoms with E-state index in [9.17, 15) is 13.2 Å². The molecule has 3 rings (SSSR count). The lowest BCUT2D eigenvalue weighted by Gasteiger charge is -2.37. The van der Waals surface area contributed by atoms with Gasteiger partial charge >= 0.3 is 6.09 Å². The highest BCUT2D eigenvalue weighted by molar-refractivity contribution is 8.13. The van der Waals surface area contributed by atoms with Gasteiger partial charge in [-0.25, -0.2) is 13.2 Å². The highest BCUT2D eigenvalue weighted by Crippen LogP contribution is 2.48. The molecule has 1 aliphatic carbocycles. The first-order chi connectivity index (χ1) is 11.9. The molecule has 1 unspecified atom stereocenters. The molecule has 5 nitrogen and oxygen atoms in total. The molecule has 1 aromatic rings. The number of halogens is 1. The van der Waals surface area contributed by atoms with Crippen molar-refractivity contribution in [3.05, 3.63) is 35.9 Å². The summed E-state index contributed by atoms with van der Waals surface area (Å²) in [5.74, 6) is -0.184. The fourth-order valence-corrected chi connectivity index (χ4v) is 5.67. The van der Waals surface area contributed by atoms with E-state index in [-0.39, 0.29) is 29.8 Å². The number of amides is 1. The molecule has 1 spiro atoms. The van der Waals surface area contributed by atoms with Gasteiger partial charge in [0.2, 0.25) is 9.05 Å². The molecule has 138 valence electrons. The van der Waals surface area contributed by atoms with Crippen LogP contribution in [0.1, 0.15) is 37.7 Å². The molecule has 2 fully saturated rings. The summed E-state index contributed by atoms with van der Waals surface area (Å²) < 4.78 is 28.7. The topological polar surface area (TPSA) is 63.7 Å². The minimum atomic E-state index is -3.59. The normalized spacial score (nSPS) is 22.9. The van der Waals surface area contributed by atoms with Crippen molar-refractivity contribution in [2.75, 3.05) is 18.8 Å². The molecule has 1 amide bonds. The van der Waals surface area contributed by atoms with E-state index in [2.05, 4.69) is 0 Å². The first-order valence-corrected chi connectivity index (χ1v) is 11.2. The van der Waals surface area contributed by atoms with Crippen molar-refractivity contribution >= 4 is 25.8 Å². The van der Waals surface area contributed by atoms with Crippen molar-refractivity contribution in [2.24, 2.45) is 11.3 Å². The molecule has 7 heteroatoms. The predicted molar refractivity (Wildman–Crippen MR) is 96.8 cm³/mol. The van der Waals surface area contributed by atoms with E-state index in [0.717, 1.165) is 31.2 Å². The third-order valence-electron chi connectivity index (χ3n) is 5.53. The van der Waals surface area contributed by atoms with Crippen LogP contribution in [0.3, 0.4) is 0 Å². The third-order valence-corrected chi connectivity index (χ3v) is 6.70. The predicted octanol–water partition coefficient (Wildman–Crippen LogP) is 3.77. The van der Waals surface area contributed by atoms with Crippen molar-refractivity contribution in [3.63, 3.8) is 0 Å². The van der Waals surface area contributed by atoms with Crippen LogP contribution in [0.25, 0.3) is 0 Å². The van der Waals surface area contributed by atoms with Crippen molar-refractivity contribution < 1.29 is 17.9 Å². The molecule has 1 aromatic carbocycles. The molecule has 0 N–H and O–H groups in total. The maximum Gasteiger partial charge on any atom is 0.410 e. The summed E-state index contributed by atoms with van der Waals surface area (Å²) in [5.41, 5.74) is 0.800. The Labute approximate surface area is 153 Å². The zero-order valence-corrected chi connectivity index (χ0v) is 15.8. The second kappa shape index (κ2) is 7.54. The molecule has 0 radical (unpaired) electrons. The summed E-state index contributed by atoms with van der Waals surface area (Å²) >= 11 is 0. The van der Waals surface area contributed by atoms with Crippen LogP contribution in [0.15, 0.2) is 30.3 Å². The summed E-state index contributed by atoms with van der Waals surface area (Å²) in [6.45, 7) is 1.19. The Morgan fingerprint density at radius 1 is 1.20 bits per heavy atom. The highest BCUT2D eigenvalue weighted by atomic mass is 35.7. The lowest BCUT2D eigenvalue weighted by atomic mass is 9.68. The summed E-state index contributed by atoms with van der Waals surface area (Å²) in [5, 5.41) is 0. The van der Waals surface area contributed by atoms with Crippen molar-refractivity contribution in [2.45, 2.75) is 38.7 Å². The fourth-order valence-electron chi connectivity index (χ4n) is 4.28. The number of likely N-dealkylation sites (tertiary alicyclic amines) is 1. The lowest BCUT2D eigenvalue weighted by molar-refractivity contribution is 0.0951. The minimum absolute atomic E-state index is 0.0724. The molecule has 0 aromatic heterocycles. The Bertz CT molecular complexity index is 701. The number of hydrogen-bond donors (Lipinski definition) is 0. The zero-order valence-electron chi connectivity index (χ0n) is 14.2. The average Bonchev–Trinajstić information content (AvgIpc) is 2.90. The molecule has 0 bridgehead atoms. The molecular weight excluding hydrogens is 362 g/mol. The number of carbonyl (C=O) groups excluding carboxylic acids is 1. The molecule has 1 atom stereocenters. The van der Waals surface area contributed by atoms with Gasteiger partial charge in [-0.2, -0.15) is 0 Å². The monoisotopic (exact) mass is 385 g/mol. The first-order valence-electron chi connectivity index (χ1n) is 8.76. The molecule has 25 heavy (non-hydrogen) atoms. The molecule has 1 heterocycles. The first kappa shape index (κ1) is 18.5. The summed E-state index contributed by atoms with van der Waals surface area (Å²) in [7, 11) is 1.93. The molecule has 2 aliphatic rings. The summed E-state index contributed by atoms with van der Waals surface area (Å²) in [4.78, 5) is 14.1. The Hall–Kier alpha value is -1.27. The number of carbonyl (C=O) groups is 1. The van der Waals surface area contributed by atoms with Crippen LogP contribution in [-0.2, 0) is 20.4 Å². The van der Waals surface area contributed by atoms with Crippen molar-refractivity contribution in [3.8, 4) is 0 Å². The van der Waals surface area contributed by atoms with Gasteiger partial charge in [-0.3, -0.25) is 0 Å². The van der Waals surface area contributed by atoms with Crippen molar-refractivity contribution in [1.82, 2.24) is 4.90 Å². The number of ether oxygens (including phenoxy) is 1. The van der Waals surface area contributed by atoms with Gasteiger partial charge in [-0.15, -0.1) is 0 Å². The maximum atomic E-state index is 12.5. The van der Waals surface area contributed by atoms with Gasteiger partial charge in [0.25, 0.3) is 0 Å². The molecule has 1 saturated carbocycles. The molecular formula is C18H24ClNO4S. The van der Waals surface area contributed by atoms with E-state index in [1.165, 1.54) is 6.42 Å². The van der Waals surface area contributed by atoms with Gasteiger partial charge in [0.1, 0.15) is 6.61 Å². The van der Waals surface area contributed by atoms with E-state index >= 15 is 0 Å². The van der Waals surface area contributed by atoms with Gasteiger partial charge in [0, 0.05) is 23.8 Å². The van der Waals surface area contributed by atoms with Gasteiger partial charge in [0.05, 0.1) is 5.75 Å². The van der Waals surface area contributed by atoms with Crippen LogP contribution >= 0.6 is 10.7 Å². The smallest absolute Gasteiger partial charge is 0.410 e. The van der Waals surface area contributed by atoms with Gasteiger partial charge < -0.3 is 9.64 Å². The Morgan fingerprint density at radius 2 is 1.88 bits per heavy atom. The third kappa shape index (κ3) is 4.67. The van der Waals surface area contributed by atoms with E-state index in [0.29, 0.717) is 13.1 Å². The van der Waals surface area contributed by atoms with Gasteiger partial charge in [-0.1, -0.05) is 49.6 Å². The Balaban J connectivity index is 1.67.